The maximum Gasteiger partial charge on any atom is 0.238 e. The first-order valence-corrected chi connectivity index (χ1v) is 11.8. The number of carbonyl (C=O) groups excluding carboxylic acids is 1. The van der Waals surface area contributed by atoms with E-state index in [2.05, 4.69) is 38.5 Å². The normalized spacial score (nSPS) is 14.7. The molecule has 34 heavy (non-hydrogen) atoms. The van der Waals surface area contributed by atoms with Crippen LogP contribution in [0.3, 0.4) is 0 Å². The molecule has 0 saturated carbocycles. The fourth-order valence-corrected chi connectivity index (χ4v) is 4.35. The van der Waals surface area contributed by atoms with Gasteiger partial charge in [-0.25, -0.2) is 19.3 Å². The van der Waals surface area contributed by atoms with Crippen LogP contribution in [0.5, 0.6) is 0 Å². The summed E-state index contributed by atoms with van der Waals surface area (Å²) >= 11 is 0. The summed E-state index contributed by atoms with van der Waals surface area (Å²) in [4.78, 5) is 28.3. The van der Waals surface area contributed by atoms with Crippen molar-refractivity contribution in [2.24, 2.45) is 0 Å². The molecular weight excluding hydrogens is 431 g/mol. The molecule has 2 N–H and O–H groups in total. The van der Waals surface area contributed by atoms with Crippen molar-refractivity contribution in [2.75, 3.05) is 30.3 Å². The highest BCUT2D eigenvalue weighted by atomic mass is 19.1. The van der Waals surface area contributed by atoms with E-state index in [9.17, 15) is 9.18 Å². The van der Waals surface area contributed by atoms with Crippen molar-refractivity contribution in [2.45, 2.75) is 46.0 Å². The second kappa shape index (κ2) is 10.7. The Bertz CT molecular complexity index is 1140. The lowest BCUT2D eigenvalue weighted by Crippen LogP contribution is -2.39. The van der Waals surface area contributed by atoms with E-state index in [-0.39, 0.29) is 17.6 Å². The minimum atomic E-state index is -0.379. The van der Waals surface area contributed by atoms with Crippen LogP contribution >= 0.6 is 0 Å². The monoisotopic (exact) mass is 462 g/mol. The largest absolute Gasteiger partial charge is 0.325 e. The number of hydrogen-bond acceptors (Lipinski definition) is 6. The van der Waals surface area contributed by atoms with Crippen LogP contribution in [-0.2, 0) is 11.2 Å². The van der Waals surface area contributed by atoms with Crippen LogP contribution in [0.4, 0.5) is 21.7 Å². The maximum absolute atomic E-state index is 13.1. The summed E-state index contributed by atoms with van der Waals surface area (Å²) in [5.74, 6) is 1.84. The molecule has 3 aromatic rings. The molecule has 0 aliphatic carbocycles. The Kier molecular flexibility index (Phi) is 7.47. The summed E-state index contributed by atoms with van der Waals surface area (Å²) in [7, 11) is 0. The molecule has 3 heterocycles. The van der Waals surface area contributed by atoms with Gasteiger partial charge in [0.2, 0.25) is 5.91 Å². The Morgan fingerprint density at radius 3 is 2.62 bits per heavy atom. The van der Waals surface area contributed by atoms with E-state index in [4.69, 9.17) is 4.98 Å². The van der Waals surface area contributed by atoms with Crippen LogP contribution in [0.15, 0.2) is 42.6 Å². The number of aromatic nitrogens is 3. The maximum atomic E-state index is 13.1. The number of halogens is 1. The number of carbonyl (C=O) groups is 1. The van der Waals surface area contributed by atoms with Crippen LogP contribution in [-0.4, -0.2) is 45.4 Å². The predicted octanol–water partition coefficient (Wildman–Crippen LogP) is 4.75. The number of piperidine rings is 1. The Hall–Kier alpha value is -3.39. The molecule has 1 saturated heterocycles. The highest BCUT2D eigenvalue weighted by Crippen LogP contribution is 2.27. The molecule has 4 rings (SSSR count). The first kappa shape index (κ1) is 23.8. The second-order valence-corrected chi connectivity index (χ2v) is 8.80. The summed E-state index contributed by atoms with van der Waals surface area (Å²) in [5.41, 5.74) is 4.04. The molecule has 178 valence electrons. The third-order valence-electron chi connectivity index (χ3n) is 6.18. The molecule has 1 aromatic carbocycles. The molecular formula is C26H31FN6O. The number of para-hydroxylation sites is 1. The lowest BCUT2D eigenvalue weighted by Gasteiger charge is -2.31. The molecule has 0 bridgehead atoms. The highest BCUT2D eigenvalue weighted by molar-refractivity contribution is 5.93. The molecule has 8 heteroatoms. The summed E-state index contributed by atoms with van der Waals surface area (Å²) < 4.78 is 13.1. The fraction of sp³-hybridized carbons (Fsp3) is 0.385. The number of likely N-dealkylation sites (tertiary alicyclic amines) is 1. The van der Waals surface area contributed by atoms with Gasteiger partial charge in [0.05, 0.1) is 12.7 Å². The number of nitrogens with zero attached hydrogens (tertiary/aromatic N) is 4. The number of benzene rings is 1. The van der Waals surface area contributed by atoms with Gasteiger partial charge >= 0.3 is 0 Å². The van der Waals surface area contributed by atoms with E-state index < -0.39 is 0 Å². The summed E-state index contributed by atoms with van der Waals surface area (Å²) in [6, 6.07) is 10.9. The average molecular weight is 463 g/mol. The van der Waals surface area contributed by atoms with E-state index in [0.717, 1.165) is 60.7 Å². The molecule has 1 aliphatic rings. The zero-order chi connectivity index (χ0) is 24.1. The molecule has 0 unspecified atom stereocenters. The van der Waals surface area contributed by atoms with E-state index in [1.54, 1.807) is 6.07 Å². The van der Waals surface area contributed by atoms with Crippen molar-refractivity contribution in [3.63, 3.8) is 0 Å². The van der Waals surface area contributed by atoms with Crippen molar-refractivity contribution in [3.05, 3.63) is 71.1 Å². The average Bonchev–Trinajstić information content (AvgIpc) is 2.82. The number of nitrogens with one attached hydrogen (secondary N) is 2. The van der Waals surface area contributed by atoms with Gasteiger partial charge in [-0.3, -0.25) is 9.69 Å². The van der Waals surface area contributed by atoms with Gasteiger partial charge in [0.25, 0.3) is 0 Å². The third-order valence-corrected chi connectivity index (χ3v) is 6.18. The van der Waals surface area contributed by atoms with Crippen molar-refractivity contribution in [1.29, 1.82) is 0 Å². The molecule has 1 amide bonds. The van der Waals surface area contributed by atoms with Crippen LogP contribution in [0.25, 0.3) is 0 Å². The Morgan fingerprint density at radius 1 is 1.12 bits per heavy atom. The zero-order valence-electron chi connectivity index (χ0n) is 19.9. The van der Waals surface area contributed by atoms with E-state index in [0.29, 0.717) is 18.2 Å². The summed E-state index contributed by atoms with van der Waals surface area (Å²) in [5, 5.41) is 6.25. The van der Waals surface area contributed by atoms with Crippen molar-refractivity contribution in [1.82, 2.24) is 19.9 Å². The molecule has 0 spiro atoms. The van der Waals surface area contributed by atoms with E-state index >= 15 is 0 Å². The fourth-order valence-electron chi connectivity index (χ4n) is 4.35. The van der Waals surface area contributed by atoms with Crippen LogP contribution < -0.4 is 10.6 Å². The number of hydrogen-bond donors (Lipinski definition) is 2. The third kappa shape index (κ3) is 5.94. The van der Waals surface area contributed by atoms with Gasteiger partial charge < -0.3 is 10.6 Å². The van der Waals surface area contributed by atoms with E-state index in [1.807, 2.05) is 32.0 Å². The quantitative estimate of drug-likeness (QED) is 0.527. The van der Waals surface area contributed by atoms with Crippen molar-refractivity contribution < 1.29 is 9.18 Å². The molecule has 1 aliphatic heterocycles. The van der Waals surface area contributed by atoms with E-state index in [1.165, 1.54) is 12.3 Å². The van der Waals surface area contributed by atoms with Crippen molar-refractivity contribution >= 4 is 23.2 Å². The highest BCUT2D eigenvalue weighted by Gasteiger charge is 2.25. The minimum Gasteiger partial charge on any atom is -0.325 e. The molecule has 1 fully saturated rings. The van der Waals surface area contributed by atoms with Gasteiger partial charge in [0, 0.05) is 23.4 Å². The van der Waals surface area contributed by atoms with Gasteiger partial charge in [0.1, 0.15) is 23.3 Å². The van der Waals surface area contributed by atoms with Crippen molar-refractivity contribution in [3.8, 4) is 0 Å². The molecule has 0 atom stereocenters. The minimum absolute atomic E-state index is 0.0209. The van der Waals surface area contributed by atoms with Gasteiger partial charge in [-0.15, -0.1) is 0 Å². The van der Waals surface area contributed by atoms with Gasteiger partial charge in [-0.05, 0) is 69.5 Å². The number of rotatable bonds is 7. The SMILES string of the molecule is CCc1cccc(C)c1NC(=O)CN1CCC(c2nc(C)cc(Nc3ccc(F)cn3)n2)CC1. The van der Waals surface area contributed by atoms with Crippen LogP contribution in [0.1, 0.15) is 48.3 Å². The molecule has 2 aromatic heterocycles. The lowest BCUT2D eigenvalue weighted by molar-refractivity contribution is -0.117. The number of aryl methyl sites for hydroxylation is 3. The Morgan fingerprint density at radius 2 is 1.91 bits per heavy atom. The first-order valence-electron chi connectivity index (χ1n) is 11.8. The number of amides is 1. The van der Waals surface area contributed by atoms with Gasteiger partial charge in [-0.2, -0.15) is 0 Å². The summed E-state index contributed by atoms with van der Waals surface area (Å²) in [6.07, 6.45) is 3.82. The lowest BCUT2D eigenvalue weighted by atomic mass is 9.95. The zero-order valence-corrected chi connectivity index (χ0v) is 19.9. The summed E-state index contributed by atoms with van der Waals surface area (Å²) in [6.45, 7) is 8.06. The first-order chi connectivity index (χ1) is 16.4. The van der Waals surface area contributed by atoms with Gasteiger partial charge in [0.15, 0.2) is 0 Å². The number of anilines is 3. The smallest absolute Gasteiger partial charge is 0.238 e. The topological polar surface area (TPSA) is 83.0 Å². The Balaban J connectivity index is 1.34. The predicted molar refractivity (Wildman–Crippen MR) is 132 cm³/mol. The number of pyridine rings is 1. The van der Waals surface area contributed by atoms with Crippen LogP contribution in [0.2, 0.25) is 0 Å². The molecule has 7 nitrogen and oxygen atoms in total. The van der Waals surface area contributed by atoms with Gasteiger partial charge in [-0.1, -0.05) is 25.1 Å². The van der Waals surface area contributed by atoms with Crippen LogP contribution in [0, 0.1) is 19.7 Å². The Labute approximate surface area is 199 Å². The second-order valence-electron chi connectivity index (χ2n) is 8.80. The standard InChI is InChI=1S/C26H31FN6O/c1-4-19-7-5-6-17(2)25(19)32-24(34)16-33-12-10-20(11-13-33)26-29-18(3)14-23(31-26)30-22-9-8-21(27)15-28-22/h5-9,14-15,20H,4,10-13,16H2,1-3H3,(H,32,34)(H,28,29,30,31). The molecule has 0 radical (unpaired) electrons.